The van der Waals surface area contributed by atoms with E-state index in [1.807, 2.05) is 30.7 Å². The van der Waals surface area contributed by atoms with Crippen LogP contribution in [0.2, 0.25) is 5.02 Å². The molecule has 2 amide bonds. The number of ether oxygens (including phenoxy) is 1. The molecule has 1 saturated heterocycles. The van der Waals surface area contributed by atoms with Crippen LogP contribution in [0.4, 0.5) is 0 Å². The second-order valence-corrected chi connectivity index (χ2v) is 10.4. The van der Waals surface area contributed by atoms with Crippen LogP contribution in [0.25, 0.3) is 0 Å². The summed E-state index contributed by atoms with van der Waals surface area (Å²) >= 11 is 6.20. The van der Waals surface area contributed by atoms with Gasteiger partial charge in [-0.15, -0.1) is 0 Å². The van der Waals surface area contributed by atoms with Crippen LogP contribution >= 0.6 is 11.6 Å². The third-order valence-electron chi connectivity index (χ3n) is 7.57. The van der Waals surface area contributed by atoms with Crippen molar-refractivity contribution in [3.05, 3.63) is 46.2 Å². The van der Waals surface area contributed by atoms with E-state index >= 15 is 0 Å². The van der Waals surface area contributed by atoms with Gasteiger partial charge in [-0.25, -0.2) is 0 Å². The van der Waals surface area contributed by atoms with Crippen LogP contribution in [0.1, 0.15) is 49.1 Å². The average molecular weight is 516 g/mol. The van der Waals surface area contributed by atoms with Crippen molar-refractivity contribution < 1.29 is 14.3 Å². The second-order valence-electron chi connectivity index (χ2n) is 10.0. The number of aromatic nitrogens is 2. The van der Waals surface area contributed by atoms with Crippen LogP contribution in [0.15, 0.2) is 24.3 Å². The molecule has 196 valence electrons. The third-order valence-corrected chi connectivity index (χ3v) is 8.12. The van der Waals surface area contributed by atoms with E-state index in [1.54, 1.807) is 0 Å². The summed E-state index contributed by atoms with van der Waals surface area (Å²) in [6, 6.07) is 8.18. The highest BCUT2D eigenvalue weighted by atomic mass is 35.5. The van der Waals surface area contributed by atoms with Gasteiger partial charge in [0.1, 0.15) is 12.4 Å². The molecular formula is C27H38ClN5O3. The summed E-state index contributed by atoms with van der Waals surface area (Å²) in [5.41, 5.74) is 2.59. The molecule has 1 spiro atoms. The van der Waals surface area contributed by atoms with Crippen molar-refractivity contribution in [3.8, 4) is 5.75 Å². The van der Waals surface area contributed by atoms with Crippen LogP contribution in [0.3, 0.4) is 0 Å². The monoisotopic (exact) mass is 515 g/mol. The maximum Gasteiger partial charge on any atom is 0.234 e. The fourth-order valence-corrected chi connectivity index (χ4v) is 5.46. The molecule has 0 radical (unpaired) electrons. The van der Waals surface area contributed by atoms with Crippen LogP contribution < -0.4 is 15.4 Å². The maximum absolute atomic E-state index is 13.2. The number of rotatable bonds is 5. The van der Waals surface area contributed by atoms with Gasteiger partial charge in [0.25, 0.3) is 0 Å². The summed E-state index contributed by atoms with van der Waals surface area (Å²) in [6.07, 6.45) is 5.42. The second kappa shape index (κ2) is 12.1. The Morgan fingerprint density at radius 1 is 1.19 bits per heavy atom. The molecule has 2 aliphatic rings. The number of nitrogens with one attached hydrogen (secondary N) is 2. The summed E-state index contributed by atoms with van der Waals surface area (Å²) < 4.78 is 7.77. The van der Waals surface area contributed by atoms with Crippen LogP contribution in [0, 0.1) is 19.3 Å². The van der Waals surface area contributed by atoms with E-state index in [0.29, 0.717) is 37.8 Å². The van der Waals surface area contributed by atoms with Gasteiger partial charge in [-0.05, 0) is 70.7 Å². The van der Waals surface area contributed by atoms with Gasteiger partial charge >= 0.3 is 0 Å². The van der Waals surface area contributed by atoms with Crippen molar-refractivity contribution in [1.82, 2.24) is 25.3 Å². The van der Waals surface area contributed by atoms with Crippen molar-refractivity contribution >= 4 is 23.4 Å². The summed E-state index contributed by atoms with van der Waals surface area (Å²) in [5, 5.41) is 11.2. The first-order valence-corrected chi connectivity index (χ1v) is 13.4. The summed E-state index contributed by atoms with van der Waals surface area (Å²) in [6.45, 7) is 7.70. The van der Waals surface area contributed by atoms with E-state index in [2.05, 4.69) is 32.8 Å². The molecule has 36 heavy (non-hydrogen) atoms. The largest absolute Gasteiger partial charge is 0.491 e. The van der Waals surface area contributed by atoms with E-state index in [9.17, 15) is 9.59 Å². The maximum atomic E-state index is 13.2. The van der Waals surface area contributed by atoms with Gasteiger partial charge in [0.15, 0.2) is 0 Å². The molecule has 2 aliphatic heterocycles. The number of carbonyl (C=O) groups is 2. The van der Waals surface area contributed by atoms with E-state index in [0.717, 1.165) is 68.8 Å². The SMILES string of the molecule is Cc1nn(CCNC(=O)CN2CCC3(CCCCc4ccccc4OCCNC3=O)CC2)c(C)c1Cl. The zero-order valence-corrected chi connectivity index (χ0v) is 22.2. The molecule has 2 N–H and O–H groups in total. The van der Waals surface area contributed by atoms with Crippen molar-refractivity contribution in [1.29, 1.82) is 0 Å². The van der Waals surface area contributed by atoms with E-state index < -0.39 is 0 Å². The molecule has 0 saturated carbocycles. The Morgan fingerprint density at radius 2 is 1.97 bits per heavy atom. The molecule has 3 heterocycles. The number of amides is 2. The first-order valence-electron chi connectivity index (χ1n) is 13.1. The summed E-state index contributed by atoms with van der Waals surface area (Å²) in [7, 11) is 0. The van der Waals surface area contributed by atoms with Gasteiger partial charge < -0.3 is 15.4 Å². The third kappa shape index (κ3) is 6.40. The van der Waals surface area contributed by atoms with Gasteiger partial charge in [-0.3, -0.25) is 19.2 Å². The molecule has 0 unspecified atom stereocenters. The number of aryl methyl sites for hydroxylation is 2. The predicted octanol–water partition coefficient (Wildman–Crippen LogP) is 3.27. The van der Waals surface area contributed by atoms with Crippen LogP contribution in [0.5, 0.6) is 5.75 Å². The standard InChI is InChI=1S/C27H38ClN5O3/c1-20-25(28)21(2)33(31-20)17-13-29-24(34)19-32-15-11-27(12-16-32)10-6-5-8-22-7-3-4-9-23(22)36-18-14-30-26(27)35/h3-4,7,9H,5-6,8,10-19H2,1-2H3,(H,29,34)(H,30,35). The van der Waals surface area contributed by atoms with Crippen molar-refractivity contribution in [2.75, 3.05) is 39.3 Å². The van der Waals surface area contributed by atoms with Gasteiger partial charge in [-0.2, -0.15) is 5.10 Å². The minimum atomic E-state index is -0.361. The van der Waals surface area contributed by atoms with Crippen molar-refractivity contribution in [3.63, 3.8) is 0 Å². The highest BCUT2D eigenvalue weighted by molar-refractivity contribution is 6.31. The number of para-hydroxylation sites is 1. The number of hydrogen-bond acceptors (Lipinski definition) is 5. The Labute approximate surface area is 218 Å². The normalized spacial score (nSPS) is 18.9. The first kappa shape index (κ1) is 26.5. The number of carbonyl (C=O) groups excluding carboxylic acids is 2. The number of hydrogen-bond donors (Lipinski definition) is 2. The molecule has 1 aromatic carbocycles. The van der Waals surface area contributed by atoms with E-state index in [4.69, 9.17) is 16.3 Å². The molecule has 0 atom stereocenters. The minimum Gasteiger partial charge on any atom is -0.491 e. The van der Waals surface area contributed by atoms with Gasteiger partial charge in [0.05, 0.1) is 41.5 Å². The van der Waals surface area contributed by atoms with Gasteiger partial charge in [0, 0.05) is 6.54 Å². The van der Waals surface area contributed by atoms with E-state index in [-0.39, 0.29) is 17.2 Å². The molecule has 8 nitrogen and oxygen atoms in total. The molecule has 9 heteroatoms. The number of halogens is 1. The van der Waals surface area contributed by atoms with Gasteiger partial charge in [-0.1, -0.05) is 36.2 Å². The number of benzene rings is 1. The number of piperidine rings is 1. The molecule has 2 aromatic rings. The highest BCUT2D eigenvalue weighted by Crippen LogP contribution is 2.37. The Balaban J connectivity index is 1.25. The molecule has 1 fully saturated rings. The Bertz CT molecular complexity index is 1060. The Morgan fingerprint density at radius 3 is 2.72 bits per heavy atom. The Hall–Kier alpha value is -2.58. The smallest absolute Gasteiger partial charge is 0.234 e. The molecule has 1 aromatic heterocycles. The molecule has 0 bridgehead atoms. The average Bonchev–Trinajstić information content (AvgIpc) is 3.12. The van der Waals surface area contributed by atoms with Crippen molar-refractivity contribution in [2.24, 2.45) is 5.41 Å². The molecular weight excluding hydrogens is 478 g/mol. The molecule has 0 aliphatic carbocycles. The summed E-state index contributed by atoms with van der Waals surface area (Å²) in [5.74, 6) is 1.05. The van der Waals surface area contributed by atoms with Crippen molar-refractivity contribution in [2.45, 2.75) is 58.9 Å². The topological polar surface area (TPSA) is 88.5 Å². The lowest BCUT2D eigenvalue weighted by Crippen LogP contribution is -2.51. The highest BCUT2D eigenvalue weighted by Gasteiger charge is 2.40. The first-order chi connectivity index (χ1) is 17.4. The van der Waals surface area contributed by atoms with Crippen LogP contribution in [-0.4, -0.2) is 65.8 Å². The van der Waals surface area contributed by atoms with E-state index in [1.165, 1.54) is 5.56 Å². The number of nitrogens with zero attached hydrogens (tertiary/aromatic N) is 3. The lowest BCUT2D eigenvalue weighted by atomic mass is 9.73. The lowest BCUT2D eigenvalue weighted by molar-refractivity contribution is -0.135. The fourth-order valence-electron chi connectivity index (χ4n) is 5.33. The molecule has 4 rings (SSSR count). The predicted molar refractivity (Wildman–Crippen MR) is 140 cm³/mol. The number of fused-ring (bicyclic) bond motifs is 1. The van der Waals surface area contributed by atoms with Crippen LogP contribution in [-0.2, 0) is 22.6 Å². The fraction of sp³-hybridized carbons (Fsp3) is 0.593. The quantitative estimate of drug-likeness (QED) is 0.638. The van der Waals surface area contributed by atoms with Gasteiger partial charge in [0.2, 0.25) is 11.8 Å². The zero-order chi connectivity index (χ0) is 25.5. The Kier molecular flexibility index (Phi) is 8.90. The number of likely N-dealkylation sites (tertiary alicyclic amines) is 1. The zero-order valence-electron chi connectivity index (χ0n) is 21.4. The minimum absolute atomic E-state index is 0.00228. The lowest BCUT2D eigenvalue weighted by Gasteiger charge is -2.40. The summed E-state index contributed by atoms with van der Waals surface area (Å²) in [4.78, 5) is 27.9.